The van der Waals surface area contributed by atoms with Gasteiger partial charge in [-0.1, -0.05) is 23.7 Å². The van der Waals surface area contributed by atoms with E-state index in [0.29, 0.717) is 15.9 Å². The first-order chi connectivity index (χ1) is 16.5. The quantitative estimate of drug-likeness (QED) is 0.362. The Bertz CT molecular complexity index is 1340. The Balaban J connectivity index is 1.68. The fourth-order valence-electron chi connectivity index (χ4n) is 4.68. The summed E-state index contributed by atoms with van der Waals surface area (Å²) in [6.07, 6.45) is 3.61. The van der Waals surface area contributed by atoms with Crippen LogP contribution in [0.4, 0.5) is 5.69 Å². The lowest BCUT2D eigenvalue weighted by Gasteiger charge is -2.28. The van der Waals surface area contributed by atoms with Gasteiger partial charge in [0.15, 0.2) is 5.11 Å². The van der Waals surface area contributed by atoms with E-state index in [1.165, 1.54) is 0 Å². The fourth-order valence-corrected chi connectivity index (χ4v) is 5.28. The average molecular weight is 490 g/mol. The molecule has 1 fully saturated rings. The van der Waals surface area contributed by atoms with E-state index in [0.717, 1.165) is 34.2 Å². The van der Waals surface area contributed by atoms with E-state index >= 15 is 0 Å². The van der Waals surface area contributed by atoms with E-state index in [9.17, 15) is 0 Å². The number of rotatable bonds is 5. The highest BCUT2D eigenvalue weighted by molar-refractivity contribution is 7.80. The minimum absolute atomic E-state index is 0.143. The molecule has 172 valence electrons. The largest absolute Gasteiger partial charge is 0.495 e. The molecule has 1 aromatic carbocycles. The van der Waals surface area contributed by atoms with Gasteiger partial charge >= 0.3 is 0 Å². The highest BCUT2D eigenvalue weighted by Crippen LogP contribution is 2.44. The Morgan fingerprint density at radius 3 is 2.41 bits per heavy atom. The van der Waals surface area contributed by atoms with Crippen LogP contribution in [0.2, 0.25) is 5.02 Å². The molecule has 4 heterocycles. The Morgan fingerprint density at radius 1 is 1.00 bits per heavy atom. The molecule has 5 rings (SSSR count). The van der Waals surface area contributed by atoms with E-state index in [-0.39, 0.29) is 12.1 Å². The number of hydrogen-bond acceptors (Lipinski definition) is 4. The molecule has 0 aliphatic carbocycles. The van der Waals surface area contributed by atoms with Crippen LogP contribution in [-0.4, -0.2) is 26.8 Å². The van der Waals surface area contributed by atoms with Crippen molar-refractivity contribution in [3.8, 4) is 11.6 Å². The van der Waals surface area contributed by atoms with Crippen molar-refractivity contribution in [3.63, 3.8) is 0 Å². The molecule has 34 heavy (non-hydrogen) atoms. The number of thiocarbonyl (C=S) groups is 1. The van der Waals surface area contributed by atoms with Gasteiger partial charge < -0.3 is 19.5 Å². The zero-order valence-electron chi connectivity index (χ0n) is 19.1. The van der Waals surface area contributed by atoms with Gasteiger partial charge in [0.1, 0.15) is 11.6 Å². The summed E-state index contributed by atoms with van der Waals surface area (Å²) in [5, 5.41) is 4.65. The summed E-state index contributed by atoms with van der Waals surface area (Å²) in [7, 11) is 1.61. The van der Waals surface area contributed by atoms with Crippen LogP contribution in [0.15, 0.2) is 73.1 Å². The summed E-state index contributed by atoms with van der Waals surface area (Å²) in [4.78, 5) is 11.3. The Morgan fingerprint density at radius 2 is 1.76 bits per heavy atom. The van der Waals surface area contributed by atoms with Crippen molar-refractivity contribution in [2.24, 2.45) is 0 Å². The molecule has 1 aliphatic rings. The first kappa shape index (κ1) is 22.4. The van der Waals surface area contributed by atoms with Gasteiger partial charge in [0.2, 0.25) is 0 Å². The van der Waals surface area contributed by atoms with Crippen molar-refractivity contribution in [2.75, 3.05) is 12.0 Å². The van der Waals surface area contributed by atoms with Gasteiger partial charge in [0.05, 0.1) is 29.9 Å². The third kappa shape index (κ3) is 3.81. The first-order valence-electron chi connectivity index (χ1n) is 10.9. The lowest BCUT2D eigenvalue weighted by molar-refractivity contribution is 0.415. The smallest absolute Gasteiger partial charge is 0.174 e. The maximum absolute atomic E-state index is 6.50. The van der Waals surface area contributed by atoms with Gasteiger partial charge in [-0.2, -0.15) is 0 Å². The monoisotopic (exact) mass is 489 g/mol. The second-order valence-electron chi connectivity index (χ2n) is 8.17. The fraction of sp³-hybridized carbons (Fsp3) is 0.192. The predicted molar refractivity (Wildman–Crippen MR) is 139 cm³/mol. The molecule has 4 aromatic rings. The summed E-state index contributed by atoms with van der Waals surface area (Å²) in [5.41, 5.74) is 5.13. The number of aryl methyl sites for hydroxylation is 1. The Kier molecular flexibility index (Phi) is 5.98. The molecule has 0 unspecified atom stereocenters. The van der Waals surface area contributed by atoms with Crippen molar-refractivity contribution in [2.45, 2.75) is 25.9 Å². The molecule has 3 aromatic heterocycles. The van der Waals surface area contributed by atoms with Crippen LogP contribution in [0.3, 0.4) is 0 Å². The van der Waals surface area contributed by atoms with Crippen LogP contribution in [0.1, 0.15) is 34.7 Å². The number of methoxy groups -OCH3 is 1. The number of hydrogen-bond donors (Lipinski definition) is 1. The summed E-state index contributed by atoms with van der Waals surface area (Å²) in [6, 6.07) is 19.5. The van der Waals surface area contributed by atoms with Crippen molar-refractivity contribution >= 4 is 34.6 Å². The topological polar surface area (TPSA) is 55.2 Å². The molecule has 0 saturated carbocycles. The van der Waals surface area contributed by atoms with E-state index in [1.54, 1.807) is 13.3 Å². The summed E-state index contributed by atoms with van der Waals surface area (Å²) < 4.78 is 7.53. The standard InChI is InChI=1S/C26H24ClN5OS/c1-16-14-19(17(2)31(16)23-9-5-7-13-29-23)25-24(21-8-4-6-12-28-21)30-26(34)32(25)18-10-11-22(33-3)20(27)15-18/h4-15,24-25H,1-3H3,(H,30,34)/t24-,25-/m0/s1. The van der Waals surface area contributed by atoms with E-state index in [2.05, 4.69) is 44.7 Å². The van der Waals surface area contributed by atoms with Crippen LogP contribution < -0.4 is 15.0 Å². The lowest BCUT2D eigenvalue weighted by Crippen LogP contribution is -2.29. The summed E-state index contributed by atoms with van der Waals surface area (Å²) >= 11 is 12.4. The summed E-state index contributed by atoms with van der Waals surface area (Å²) in [6.45, 7) is 4.21. The second-order valence-corrected chi connectivity index (χ2v) is 8.96. The Hall–Kier alpha value is -3.42. The molecule has 8 heteroatoms. The highest BCUT2D eigenvalue weighted by Gasteiger charge is 2.42. The van der Waals surface area contributed by atoms with Crippen molar-refractivity contribution in [1.29, 1.82) is 0 Å². The van der Waals surface area contributed by atoms with Gasteiger partial charge in [-0.15, -0.1) is 0 Å². The van der Waals surface area contributed by atoms with Crippen LogP contribution in [-0.2, 0) is 0 Å². The SMILES string of the molecule is COc1ccc(N2C(=S)N[C@@H](c3ccccn3)[C@@H]2c2cc(C)n(-c3ccccn3)c2C)cc1Cl. The van der Waals surface area contributed by atoms with Crippen molar-refractivity contribution < 1.29 is 4.74 Å². The highest BCUT2D eigenvalue weighted by atomic mass is 35.5. The predicted octanol–water partition coefficient (Wildman–Crippen LogP) is 5.72. The van der Waals surface area contributed by atoms with Crippen molar-refractivity contribution in [1.82, 2.24) is 19.9 Å². The molecule has 1 saturated heterocycles. The van der Waals surface area contributed by atoms with Gasteiger partial charge in [-0.05, 0) is 80.2 Å². The number of pyridine rings is 2. The van der Waals surface area contributed by atoms with Crippen LogP contribution in [0.5, 0.6) is 5.75 Å². The third-order valence-corrected chi connectivity index (χ3v) is 6.79. The van der Waals surface area contributed by atoms with E-state index in [4.69, 9.17) is 28.6 Å². The molecule has 6 nitrogen and oxygen atoms in total. The van der Waals surface area contributed by atoms with Crippen LogP contribution >= 0.6 is 23.8 Å². The number of anilines is 1. The number of benzene rings is 1. The number of halogens is 1. The van der Waals surface area contributed by atoms with Gasteiger partial charge in [-0.3, -0.25) is 4.98 Å². The third-order valence-electron chi connectivity index (χ3n) is 6.18. The van der Waals surface area contributed by atoms with Crippen molar-refractivity contribution in [3.05, 3.63) is 101 Å². The number of nitrogens with one attached hydrogen (secondary N) is 1. The minimum Gasteiger partial charge on any atom is -0.495 e. The number of nitrogens with zero attached hydrogens (tertiary/aromatic N) is 4. The average Bonchev–Trinajstić information content (AvgIpc) is 3.35. The lowest BCUT2D eigenvalue weighted by atomic mass is 9.96. The Labute approximate surface area is 209 Å². The van der Waals surface area contributed by atoms with Crippen LogP contribution in [0.25, 0.3) is 5.82 Å². The molecule has 0 amide bonds. The van der Waals surface area contributed by atoms with E-state index < -0.39 is 0 Å². The molecule has 0 bridgehead atoms. The van der Waals surface area contributed by atoms with Gasteiger partial charge in [0, 0.05) is 29.5 Å². The zero-order valence-corrected chi connectivity index (χ0v) is 20.6. The number of ether oxygens (including phenoxy) is 1. The first-order valence-corrected chi connectivity index (χ1v) is 11.7. The van der Waals surface area contributed by atoms with Crippen LogP contribution in [0, 0.1) is 13.8 Å². The number of aromatic nitrogens is 3. The maximum Gasteiger partial charge on any atom is 0.174 e. The molecular formula is C26H24ClN5OS. The molecule has 1 N–H and O–H groups in total. The molecule has 0 radical (unpaired) electrons. The minimum atomic E-state index is -0.146. The molecular weight excluding hydrogens is 466 g/mol. The normalized spacial score (nSPS) is 17.6. The molecule has 1 aliphatic heterocycles. The molecule has 0 spiro atoms. The van der Waals surface area contributed by atoms with Gasteiger partial charge in [-0.25, -0.2) is 4.98 Å². The molecule has 2 atom stereocenters. The van der Waals surface area contributed by atoms with Gasteiger partial charge in [0.25, 0.3) is 0 Å². The summed E-state index contributed by atoms with van der Waals surface area (Å²) in [5.74, 6) is 1.50. The van der Waals surface area contributed by atoms with E-state index in [1.807, 2.05) is 60.8 Å². The maximum atomic E-state index is 6.50. The second kappa shape index (κ2) is 9.08. The zero-order chi connectivity index (χ0) is 23.8.